The fourth-order valence-electron chi connectivity index (χ4n) is 3.60. The first-order valence-corrected chi connectivity index (χ1v) is 9.85. The lowest BCUT2D eigenvalue weighted by atomic mass is 9.97. The van der Waals surface area contributed by atoms with Gasteiger partial charge in [0.25, 0.3) is 0 Å². The average Bonchev–Trinajstić information content (AvgIpc) is 2.87. The summed E-state index contributed by atoms with van der Waals surface area (Å²) in [7, 11) is 1.71. The van der Waals surface area contributed by atoms with E-state index in [0.717, 1.165) is 29.1 Å². The molecule has 1 aliphatic heterocycles. The minimum Gasteiger partial charge on any atom is -0.316 e. The Balaban J connectivity index is 1.62. The normalized spacial score (nSPS) is 18.7. The van der Waals surface area contributed by atoms with Crippen LogP contribution in [0.5, 0.6) is 0 Å². The summed E-state index contributed by atoms with van der Waals surface area (Å²) in [5, 5.41) is 0.289. The number of urea groups is 1. The third-order valence-electron chi connectivity index (χ3n) is 5.14. The molecule has 3 rings (SSSR count). The predicted octanol–water partition coefficient (Wildman–Crippen LogP) is 2.13. The SMILES string of the molecule is C[NH+](Cc1c(F)cccc1Cl)CN1C(=O)C(=O)N(CCC2=CCCCC2)C1=O. The van der Waals surface area contributed by atoms with E-state index in [4.69, 9.17) is 11.6 Å². The van der Waals surface area contributed by atoms with Crippen LogP contribution in [0.4, 0.5) is 9.18 Å². The Morgan fingerprint density at radius 1 is 1.14 bits per heavy atom. The molecule has 1 aliphatic carbocycles. The van der Waals surface area contributed by atoms with Crippen molar-refractivity contribution in [1.82, 2.24) is 9.80 Å². The lowest BCUT2D eigenvalue weighted by molar-refractivity contribution is -0.901. The minimum atomic E-state index is -0.832. The van der Waals surface area contributed by atoms with Crippen molar-refractivity contribution in [3.05, 3.63) is 46.3 Å². The lowest BCUT2D eigenvalue weighted by Gasteiger charge is -2.21. The standard InChI is InChI=1S/C20H23ClFN3O3/c1-23(12-15-16(21)8-5-9-17(15)22)13-25-19(27)18(26)24(20(25)28)11-10-14-6-3-2-4-7-14/h5-6,8-9H,2-4,7,10-13H2,1H3/p+1. The van der Waals surface area contributed by atoms with Gasteiger partial charge in [-0.05, 0) is 44.2 Å². The van der Waals surface area contributed by atoms with Crippen molar-refractivity contribution in [2.45, 2.75) is 38.6 Å². The number of allylic oxidation sites excluding steroid dienone is 1. The van der Waals surface area contributed by atoms with Gasteiger partial charge < -0.3 is 4.90 Å². The summed E-state index contributed by atoms with van der Waals surface area (Å²) in [4.78, 5) is 39.7. The van der Waals surface area contributed by atoms with Crippen molar-refractivity contribution in [1.29, 1.82) is 0 Å². The molecule has 1 aromatic rings. The number of benzene rings is 1. The van der Waals surface area contributed by atoms with E-state index in [1.807, 2.05) is 0 Å². The monoisotopic (exact) mass is 408 g/mol. The minimum absolute atomic E-state index is 0.0345. The van der Waals surface area contributed by atoms with Gasteiger partial charge >= 0.3 is 17.8 Å². The van der Waals surface area contributed by atoms with Gasteiger partial charge in [-0.15, -0.1) is 0 Å². The highest BCUT2D eigenvalue weighted by Crippen LogP contribution is 2.22. The second-order valence-electron chi connectivity index (χ2n) is 7.32. The molecule has 150 valence electrons. The van der Waals surface area contributed by atoms with Crippen molar-refractivity contribution in [2.75, 3.05) is 20.3 Å². The molecule has 1 N–H and O–H groups in total. The molecule has 1 unspecified atom stereocenters. The second kappa shape index (κ2) is 8.84. The van der Waals surface area contributed by atoms with Crippen LogP contribution in [0.15, 0.2) is 29.8 Å². The summed E-state index contributed by atoms with van der Waals surface area (Å²) < 4.78 is 14.0. The number of amides is 4. The van der Waals surface area contributed by atoms with Gasteiger partial charge in [0.1, 0.15) is 12.4 Å². The summed E-state index contributed by atoms with van der Waals surface area (Å²) in [5.74, 6) is -2.07. The van der Waals surface area contributed by atoms with Crippen LogP contribution in [0.3, 0.4) is 0 Å². The Labute approximate surface area is 168 Å². The number of nitrogens with one attached hydrogen (secondary N) is 1. The molecule has 1 saturated heterocycles. The fourth-order valence-corrected chi connectivity index (χ4v) is 3.83. The summed E-state index contributed by atoms with van der Waals surface area (Å²) in [6.45, 7) is 0.362. The van der Waals surface area contributed by atoms with Gasteiger partial charge in [0.2, 0.25) is 0 Å². The van der Waals surface area contributed by atoms with E-state index < -0.39 is 23.7 Å². The van der Waals surface area contributed by atoms with Gasteiger partial charge in [0, 0.05) is 6.54 Å². The van der Waals surface area contributed by atoms with Crippen LogP contribution in [-0.4, -0.2) is 47.9 Å². The molecular formula is C20H24ClFN3O3+. The number of hydrogen-bond acceptors (Lipinski definition) is 3. The predicted molar refractivity (Wildman–Crippen MR) is 102 cm³/mol. The molecule has 6 nitrogen and oxygen atoms in total. The molecule has 1 atom stereocenters. The molecule has 1 fully saturated rings. The molecule has 0 aromatic heterocycles. The second-order valence-corrected chi connectivity index (χ2v) is 7.73. The summed E-state index contributed by atoms with van der Waals surface area (Å²) in [5.41, 5.74) is 1.54. The maximum Gasteiger partial charge on any atom is 0.338 e. The summed E-state index contributed by atoms with van der Waals surface area (Å²) in [6, 6.07) is 3.81. The molecule has 28 heavy (non-hydrogen) atoms. The number of imide groups is 2. The van der Waals surface area contributed by atoms with Gasteiger partial charge in [-0.1, -0.05) is 29.3 Å². The number of rotatable bonds is 7. The maximum absolute atomic E-state index is 14.0. The summed E-state index contributed by atoms with van der Waals surface area (Å²) >= 11 is 6.04. The largest absolute Gasteiger partial charge is 0.338 e. The van der Waals surface area contributed by atoms with Crippen LogP contribution in [0.25, 0.3) is 0 Å². The first-order valence-electron chi connectivity index (χ1n) is 9.48. The van der Waals surface area contributed by atoms with Crippen LogP contribution in [0.1, 0.15) is 37.7 Å². The van der Waals surface area contributed by atoms with Crippen LogP contribution in [0.2, 0.25) is 5.02 Å². The molecule has 0 spiro atoms. The van der Waals surface area contributed by atoms with E-state index in [1.54, 1.807) is 13.1 Å². The third-order valence-corrected chi connectivity index (χ3v) is 5.50. The number of nitrogens with zero attached hydrogens (tertiary/aromatic N) is 2. The first-order chi connectivity index (χ1) is 13.4. The number of carbonyl (C=O) groups excluding carboxylic acids is 3. The molecule has 2 aliphatic rings. The van der Waals surface area contributed by atoms with E-state index in [0.29, 0.717) is 16.9 Å². The first kappa shape index (κ1) is 20.5. The Morgan fingerprint density at radius 2 is 1.89 bits per heavy atom. The van der Waals surface area contributed by atoms with Gasteiger partial charge in [-0.2, -0.15) is 0 Å². The summed E-state index contributed by atoms with van der Waals surface area (Å²) in [6.07, 6.45) is 7.04. The van der Waals surface area contributed by atoms with Gasteiger partial charge in [0.15, 0.2) is 6.67 Å². The zero-order valence-corrected chi connectivity index (χ0v) is 16.6. The van der Waals surface area contributed by atoms with E-state index in [2.05, 4.69) is 6.08 Å². The highest BCUT2D eigenvalue weighted by atomic mass is 35.5. The average molecular weight is 409 g/mol. The van der Waals surface area contributed by atoms with E-state index >= 15 is 0 Å². The van der Waals surface area contributed by atoms with Crippen LogP contribution in [-0.2, 0) is 16.1 Å². The molecule has 8 heteroatoms. The smallest absolute Gasteiger partial charge is 0.316 e. The van der Waals surface area contributed by atoms with Gasteiger partial charge in [-0.3, -0.25) is 14.5 Å². The van der Waals surface area contributed by atoms with Crippen molar-refractivity contribution in [3.63, 3.8) is 0 Å². The third kappa shape index (κ3) is 4.42. The molecule has 1 aromatic carbocycles. The Morgan fingerprint density at radius 3 is 2.57 bits per heavy atom. The molecule has 0 bridgehead atoms. The zero-order chi connectivity index (χ0) is 20.3. The van der Waals surface area contributed by atoms with Crippen molar-refractivity contribution >= 4 is 29.4 Å². The Hall–Kier alpha value is -2.25. The van der Waals surface area contributed by atoms with Crippen molar-refractivity contribution < 1.29 is 23.7 Å². The quantitative estimate of drug-likeness (QED) is 0.427. The Bertz CT molecular complexity index is 807. The lowest BCUT2D eigenvalue weighted by Crippen LogP contribution is -3.09. The Kier molecular flexibility index (Phi) is 6.46. The fraction of sp³-hybridized carbons (Fsp3) is 0.450. The number of halogens is 2. The van der Waals surface area contributed by atoms with E-state index in [-0.39, 0.29) is 24.8 Å². The van der Waals surface area contributed by atoms with E-state index in [1.165, 1.54) is 24.1 Å². The van der Waals surface area contributed by atoms with Crippen molar-refractivity contribution in [2.24, 2.45) is 0 Å². The number of carbonyl (C=O) groups is 3. The van der Waals surface area contributed by atoms with Crippen LogP contribution in [0, 0.1) is 5.82 Å². The molecule has 0 saturated carbocycles. The maximum atomic E-state index is 14.0. The molecular weight excluding hydrogens is 385 g/mol. The molecule has 1 heterocycles. The zero-order valence-electron chi connectivity index (χ0n) is 15.8. The topological polar surface area (TPSA) is 62.1 Å². The number of hydrogen-bond donors (Lipinski definition) is 1. The van der Waals surface area contributed by atoms with Crippen LogP contribution >= 0.6 is 11.6 Å². The van der Waals surface area contributed by atoms with Gasteiger partial charge in [-0.25, -0.2) is 14.1 Å². The van der Waals surface area contributed by atoms with Crippen molar-refractivity contribution in [3.8, 4) is 0 Å². The van der Waals surface area contributed by atoms with E-state index in [9.17, 15) is 18.8 Å². The highest BCUT2D eigenvalue weighted by molar-refractivity contribution is 6.44. The van der Waals surface area contributed by atoms with Crippen LogP contribution < -0.4 is 4.90 Å². The number of quaternary nitrogens is 1. The molecule has 4 amide bonds. The highest BCUT2D eigenvalue weighted by Gasteiger charge is 2.45. The van der Waals surface area contributed by atoms with Gasteiger partial charge in [0.05, 0.1) is 17.6 Å². The molecule has 0 radical (unpaired) electrons.